The highest BCUT2D eigenvalue weighted by Gasteiger charge is 2.38. The molecule has 2 aromatic rings. The van der Waals surface area contributed by atoms with Crippen molar-refractivity contribution in [1.82, 2.24) is 14.6 Å². The van der Waals surface area contributed by atoms with Crippen LogP contribution >= 0.6 is 11.3 Å². The summed E-state index contributed by atoms with van der Waals surface area (Å²) in [5.74, 6) is -0.0415. The van der Waals surface area contributed by atoms with Crippen molar-refractivity contribution in [3.63, 3.8) is 0 Å². The molecule has 0 aromatic carbocycles. The van der Waals surface area contributed by atoms with Gasteiger partial charge in [-0.3, -0.25) is 4.79 Å². The number of nitrogens with two attached hydrogens (primary N) is 1. The van der Waals surface area contributed by atoms with E-state index >= 15 is 0 Å². The van der Waals surface area contributed by atoms with Gasteiger partial charge in [-0.15, -0.1) is 5.10 Å². The van der Waals surface area contributed by atoms with Crippen molar-refractivity contribution in [3.8, 4) is 0 Å². The van der Waals surface area contributed by atoms with E-state index in [4.69, 9.17) is 10.7 Å². The quantitative estimate of drug-likeness (QED) is 0.880. The molecule has 2 fully saturated rings. The molecule has 23 heavy (non-hydrogen) atoms. The fraction of sp³-hybridized carbons (Fsp3) is 0.667. The molecule has 1 aliphatic heterocycles. The Morgan fingerprint density at radius 3 is 2.65 bits per heavy atom. The Hall–Kier alpha value is -1.67. The molecule has 1 amide bonds. The lowest BCUT2D eigenvalue weighted by molar-refractivity contribution is -0.138. The summed E-state index contributed by atoms with van der Waals surface area (Å²) in [5.41, 5.74) is 5.06. The second-order valence-electron chi connectivity index (χ2n) is 6.64. The Kier molecular flexibility index (Phi) is 3.53. The molecule has 1 saturated heterocycles. The lowest BCUT2D eigenvalue weighted by Crippen LogP contribution is -2.52. The summed E-state index contributed by atoms with van der Waals surface area (Å²) >= 11 is 1.56. The predicted octanol–water partition coefficient (Wildman–Crippen LogP) is 1.26. The molecule has 2 aromatic heterocycles. The molecule has 0 spiro atoms. The number of amides is 1. The molecule has 3 N–H and O–H groups in total. The molecular formula is C15H21N5O2S. The summed E-state index contributed by atoms with van der Waals surface area (Å²) in [6.07, 6.45) is 7.80. The molecule has 7 nitrogen and oxygen atoms in total. The van der Waals surface area contributed by atoms with E-state index in [1.807, 2.05) is 4.52 Å². The van der Waals surface area contributed by atoms with Gasteiger partial charge in [-0.25, -0.2) is 9.50 Å². The third-order valence-electron chi connectivity index (χ3n) is 5.14. The van der Waals surface area contributed by atoms with Crippen molar-refractivity contribution in [2.75, 3.05) is 18.0 Å². The average molecular weight is 335 g/mol. The summed E-state index contributed by atoms with van der Waals surface area (Å²) in [4.78, 5) is 19.0. The fourth-order valence-corrected chi connectivity index (χ4v) is 4.51. The van der Waals surface area contributed by atoms with E-state index in [0.717, 1.165) is 15.8 Å². The zero-order valence-corrected chi connectivity index (χ0v) is 13.8. The maximum Gasteiger partial charge on any atom is 0.249 e. The van der Waals surface area contributed by atoms with Crippen LogP contribution in [0.25, 0.3) is 4.96 Å². The van der Waals surface area contributed by atoms with Crippen LogP contribution in [0.2, 0.25) is 0 Å². The summed E-state index contributed by atoms with van der Waals surface area (Å²) < 4.78 is 1.86. The second-order valence-corrected chi connectivity index (χ2v) is 7.58. The van der Waals surface area contributed by atoms with E-state index < -0.39 is 11.5 Å². The van der Waals surface area contributed by atoms with Crippen LogP contribution in [-0.2, 0) is 4.79 Å². The largest absolute Gasteiger partial charge is 0.380 e. The van der Waals surface area contributed by atoms with Crippen LogP contribution < -0.4 is 10.6 Å². The standard InChI is InChI=1S/C15H21N5O2S/c16-12(21)15(22)5-7-19(8-6-15)14-18-20-9-11(17-13(20)23-14)10-3-1-2-4-10/h9-10,22H,1-8H2,(H2,16,21). The lowest BCUT2D eigenvalue weighted by Gasteiger charge is -2.35. The van der Waals surface area contributed by atoms with Crippen LogP contribution in [0, 0.1) is 0 Å². The Labute approximate surface area is 138 Å². The van der Waals surface area contributed by atoms with Gasteiger partial charge in [0.2, 0.25) is 16.0 Å². The van der Waals surface area contributed by atoms with Gasteiger partial charge in [0, 0.05) is 31.8 Å². The van der Waals surface area contributed by atoms with Crippen LogP contribution in [-0.4, -0.2) is 44.3 Å². The maximum atomic E-state index is 11.3. The minimum atomic E-state index is -1.37. The summed E-state index contributed by atoms with van der Waals surface area (Å²) in [6, 6.07) is 0. The number of rotatable bonds is 3. The number of anilines is 1. The van der Waals surface area contributed by atoms with Crippen molar-refractivity contribution >= 4 is 27.3 Å². The van der Waals surface area contributed by atoms with Crippen LogP contribution in [0.1, 0.15) is 50.1 Å². The van der Waals surface area contributed by atoms with E-state index in [0.29, 0.717) is 31.8 Å². The van der Waals surface area contributed by atoms with Crippen molar-refractivity contribution in [1.29, 1.82) is 0 Å². The zero-order chi connectivity index (χ0) is 16.0. The van der Waals surface area contributed by atoms with Gasteiger partial charge in [-0.05, 0) is 12.8 Å². The number of fused-ring (bicyclic) bond motifs is 1. The number of carbonyl (C=O) groups is 1. The Bertz CT molecular complexity index is 694. The Balaban J connectivity index is 1.50. The van der Waals surface area contributed by atoms with Crippen LogP contribution in [0.3, 0.4) is 0 Å². The smallest absolute Gasteiger partial charge is 0.249 e. The lowest BCUT2D eigenvalue weighted by atomic mass is 9.91. The number of hydrogen-bond acceptors (Lipinski definition) is 6. The molecule has 1 aliphatic carbocycles. The molecule has 2 aliphatic rings. The van der Waals surface area contributed by atoms with Gasteiger partial charge in [-0.2, -0.15) is 0 Å². The number of carbonyl (C=O) groups excluding carboxylic acids is 1. The molecule has 1 saturated carbocycles. The van der Waals surface area contributed by atoms with Crippen molar-refractivity contribution < 1.29 is 9.90 Å². The third kappa shape index (κ3) is 2.59. The van der Waals surface area contributed by atoms with Crippen molar-refractivity contribution in [2.45, 2.75) is 50.0 Å². The van der Waals surface area contributed by atoms with E-state index in [-0.39, 0.29) is 0 Å². The first-order valence-electron chi connectivity index (χ1n) is 8.18. The predicted molar refractivity (Wildman–Crippen MR) is 87.7 cm³/mol. The van der Waals surface area contributed by atoms with Crippen molar-refractivity contribution in [3.05, 3.63) is 11.9 Å². The minimum Gasteiger partial charge on any atom is -0.380 e. The number of aromatic nitrogens is 3. The second kappa shape index (κ2) is 5.45. The number of primary amides is 1. The first kappa shape index (κ1) is 14.9. The van der Waals surface area contributed by atoms with Gasteiger partial charge in [0.05, 0.1) is 11.9 Å². The number of imidazole rings is 1. The Morgan fingerprint density at radius 1 is 1.35 bits per heavy atom. The maximum absolute atomic E-state index is 11.3. The number of hydrogen-bond donors (Lipinski definition) is 2. The van der Waals surface area contributed by atoms with Crippen LogP contribution in [0.15, 0.2) is 6.20 Å². The molecule has 0 radical (unpaired) electrons. The molecule has 0 bridgehead atoms. The van der Waals surface area contributed by atoms with Crippen molar-refractivity contribution in [2.24, 2.45) is 5.73 Å². The van der Waals surface area contributed by atoms with Gasteiger partial charge >= 0.3 is 0 Å². The van der Waals surface area contributed by atoms with Gasteiger partial charge in [0.1, 0.15) is 5.60 Å². The first-order chi connectivity index (χ1) is 11.0. The number of aliphatic hydroxyl groups is 1. The summed E-state index contributed by atoms with van der Waals surface area (Å²) in [7, 11) is 0. The third-order valence-corrected chi connectivity index (χ3v) is 6.13. The van der Waals surface area contributed by atoms with Gasteiger partial charge in [0.15, 0.2) is 0 Å². The highest BCUT2D eigenvalue weighted by atomic mass is 32.1. The van der Waals surface area contributed by atoms with E-state index in [1.165, 1.54) is 25.7 Å². The van der Waals surface area contributed by atoms with Gasteiger partial charge in [-0.1, -0.05) is 24.2 Å². The topological polar surface area (TPSA) is 96.8 Å². The highest BCUT2D eigenvalue weighted by Crippen LogP contribution is 2.35. The molecule has 0 atom stereocenters. The molecule has 3 heterocycles. The van der Waals surface area contributed by atoms with Crippen LogP contribution in [0.4, 0.5) is 5.13 Å². The van der Waals surface area contributed by atoms with Crippen LogP contribution in [0.5, 0.6) is 0 Å². The number of nitrogens with zero attached hydrogens (tertiary/aromatic N) is 4. The van der Waals surface area contributed by atoms with Gasteiger partial charge in [0.25, 0.3) is 0 Å². The Morgan fingerprint density at radius 2 is 2.04 bits per heavy atom. The SMILES string of the molecule is NC(=O)C1(O)CCN(c2nn3cc(C4CCCC4)nc3s2)CC1. The minimum absolute atomic E-state index is 0.345. The first-order valence-corrected chi connectivity index (χ1v) is 9.00. The monoisotopic (exact) mass is 335 g/mol. The normalized spacial score (nSPS) is 22.0. The molecule has 8 heteroatoms. The number of piperidine rings is 1. The highest BCUT2D eigenvalue weighted by molar-refractivity contribution is 7.20. The molecule has 4 rings (SSSR count). The summed E-state index contributed by atoms with van der Waals surface area (Å²) in [6.45, 7) is 1.15. The molecule has 0 unspecified atom stereocenters. The van der Waals surface area contributed by atoms with E-state index in [2.05, 4.69) is 16.2 Å². The average Bonchev–Trinajstić information content (AvgIpc) is 3.23. The van der Waals surface area contributed by atoms with E-state index in [9.17, 15) is 9.90 Å². The zero-order valence-electron chi connectivity index (χ0n) is 12.9. The fourth-order valence-electron chi connectivity index (χ4n) is 3.57. The van der Waals surface area contributed by atoms with E-state index in [1.54, 1.807) is 11.3 Å². The summed E-state index contributed by atoms with van der Waals surface area (Å²) in [5, 5.41) is 15.6. The molecular weight excluding hydrogens is 314 g/mol. The molecule has 124 valence electrons. The van der Waals surface area contributed by atoms with Gasteiger partial charge < -0.3 is 15.7 Å².